The maximum absolute atomic E-state index is 13.1. The van der Waals surface area contributed by atoms with Crippen molar-refractivity contribution < 1.29 is 9.53 Å². The Morgan fingerprint density at radius 1 is 0.795 bits per heavy atom. The summed E-state index contributed by atoms with van der Waals surface area (Å²) in [6, 6.07) is 34.7. The van der Waals surface area contributed by atoms with Crippen molar-refractivity contribution in [2.45, 2.75) is 25.8 Å². The Hall–Kier alpha value is -4.36. The van der Waals surface area contributed by atoms with Crippen molar-refractivity contribution in [1.82, 2.24) is 0 Å². The fourth-order valence-corrected chi connectivity index (χ4v) is 6.33. The number of carbonyl (C=O) groups excluding carboxylic acids is 1. The predicted molar refractivity (Wildman–Crippen MR) is 159 cm³/mol. The molecule has 1 spiro atoms. The second-order valence-corrected chi connectivity index (χ2v) is 10.6. The molecule has 0 bridgehead atoms. The minimum atomic E-state index is -1.01. The third-order valence-electron chi connectivity index (χ3n) is 6.84. The lowest BCUT2D eigenvalue weighted by Gasteiger charge is -2.47. The van der Waals surface area contributed by atoms with Crippen LogP contribution in [-0.4, -0.2) is 23.3 Å². The molecule has 6 nitrogen and oxygen atoms in total. The highest BCUT2D eigenvalue weighted by Crippen LogP contribution is 2.55. The number of anilines is 2. The normalized spacial score (nSPS) is 18.0. The molecule has 0 saturated carbocycles. The van der Waals surface area contributed by atoms with Crippen LogP contribution in [-0.2, 0) is 14.5 Å². The number of hydrogen-bond donors (Lipinski definition) is 0. The predicted octanol–water partition coefficient (Wildman–Crippen LogP) is 6.82. The quantitative estimate of drug-likeness (QED) is 0.264. The highest BCUT2D eigenvalue weighted by atomic mass is 32.2. The molecule has 194 valence electrons. The first-order chi connectivity index (χ1) is 19.0. The maximum Gasteiger partial charge on any atom is 0.365 e. The van der Waals surface area contributed by atoms with Gasteiger partial charge in [-0.25, -0.2) is 14.8 Å². The number of carbonyl (C=O) groups is 1. The summed E-state index contributed by atoms with van der Waals surface area (Å²) in [6.45, 7) is 6.28. The van der Waals surface area contributed by atoms with Gasteiger partial charge in [0.05, 0.1) is 23.7 Å². The third kappa shape index (κ3) is 4.19. The molecule has 0 aromatic heterocycles. The van der Waals surface area contributed by atoms with Gasteiger partial charge in [-0.1, -0.05) is 78.4 Å². The van der Waals surface area contributed by atoms with E-state index in [4.69, 9.17) is 14.9 Å². The zero-order valence-corrected chi connectivity index (χ0v) is 22.9. The first kappa shape index (κ1) is 24.9. The van der Waals surface area contributed by atoms with Gasteiger partial charge in [0.2, 0.25) is 10.0 Å². The van der Waals surface area contributed by atoms with Gasteiger partial charge in [-0.2, -0.15) is 10.2 Å². The van der Waals surface area contributed by atoms with E-state index in [0.29, 0.717) is 0 Å². The second kappa shape index (κ2) is 10.1. The molecular weight excluding hydrogens is 504 g/mol. The van der Waals surface area contributed by atoms with Gasteiger partial charge in [-0.3, -0.25) is 0 Å². The van der Waals surface area contributed by atoms with E-state index in [0.717, 1.165) is 44.9 Å². The fraction of sp³-hybridized carbons (Fsp3) is 0.156. The summed E-state index contributed by atoms with van der Waals surface area (Å²) < 4.78 is 5.42. The van der Waals surface area contributed by atoms with Gasteiger partial charge < -0.3 is 4.74 Å². The van der Waals surface area contributed by atoms with E-state index >= 15 is 0 Å². The molecule has 0 amide bonds. The van der Waals surface area contributed by atoms with Crippen LogP contribution in [0.15, 0.2) is 113 Å². The Morgan fingerprint density at radius 2 is 1.41 bits per heavy atom. The summed E-state index contributed by atoms with van der Waals surface area (Å²) in [6.07, 6.45) is 0. The molecular formula is C32H28N4O2S. The number of ether oxygens (including phenoxy) is 1. The van der Waals surface area contributed by atoms with Crippen LogP contribution in [0, 0.1) is 13.8 Å². The molecule has 0 fully saturated rings. The van der Waals surface area contributed by atoms with E-state index in [9.17, 15) is 4.79 Å². The molecule has 39 heavy (non-hydrogen) atoms. The highest BCUT2D eigenvalue weighted by molar-refractivity contribution is 8.16. The smallest absolute Gasteiger partial charge is 0.365 e. The van der Waals surface area contributed by atoms with Crippen molar-refractivity contribution in [3.8, 4) is 0 Å². The summed E-state index contributed by atoms with van der Waals surface area (Å²) in [4.78, 5) is 12.1. The van der Waals surface area contributed by atoms with Gasteiger partial charge in [0.15, 0.2) is 0 Å². The molecule has 6 rings (SSSR count). The zero-order valence-electron chi connectivity index (χ0n) is 22.0. The minimum Gasteiger partial charge on any atom is -0.461 e. The maximum atomic E-state index is 13.1. The second-order valence-electron chi connectivity index (χ2n) is 9.44. The lowest BCUT2D eigenvalue weighted by Crippen LogP contribution is -2.54. The highest BCUT2D eigenvalue weighted by Gasteiger charge is 2.56. The number of hydrogen-bond acceptors (Lipinski definition) is 7. The number of nitrogens with zero attached hydrogens (tertiary/aromatic N) is 4. The average Bonchev–Trinajstić information content (AvgIpc) is 3.37. The van der Waals surface area contributed by atoms with Crippen LogP contribution < -0.4 is 10.0 Å². The molecule has 1 atom stereocenters. The molecule has 0 aliphatic carbocycles. The Labute approximate surface area is 232 Å². The third-order valence-corrected chi connectivity index (χ3v) is 8.13. The van der Waals surface area contributed by atoms with E-state index in [1.165, 1.54) is 11.8 Å². The fourth-order valence-electron chi connectivity index (χ4n) is 5.04. The van der Waals surface area contributed by atoms with Crippen LogP contribution in [0.5, 0.6) is 0 Å². The van der Waals surface area contributed by atoms with Crippen molar-refractivity contribution in [1.29, 1.82) is 0 Å². The summed E-state index contributed by atoms with van der Waals surface area (Å²) in [7, 11) is 0. The van der Waals surface area contributed by atoms with E-state index in [-0.39, 0.29) is 11.7 Å². The SMILES string of the molecule is CCOC(=O)C1=NN(c2ccccc2)[C@@]2(S1)c1ccccc1C(c1cc(C)ccc1C)=NN2c1ccccc1. The lowest BCUT2D eigenvalue weighted by molar-refractivity contribution is -0.134. The molecule has 0 N–H and O–H groups in total. The minimum absolute atomic E-state index is 0.269. The Morgan fingerprint density at radius 3 is 2.08 bits per heavy atom. The molecule has 2 aliphatic heterocycles. The number of hydrazone groups is 2. The Bertz CT molecular complexity index is 1600. The van der Waals surface area contributed by atoms with E-state index in [1.807, 2.05) is 82.8 Å². The van der Waals surface area contributed by atoms with Crippen LogP contribution in [0.3, 0.4) is 0 Å². The number of thioether (sulfide) groups is 1. The van der Waals surface area contributed by atoms with Gasteiger partial charge in [-0.15, -0.1) is 0 Å². The number of rotatable bonds is 5. The van der Waals surface area contributed by atoms with Crippen LogP contribution in [0.1, 0.15) is 34.7 Å². The molecule has 4 aromatic rings. The van der Waals surface area contributed by atoms with Crippen LogP contribution in [0.2, 0.25) is 0 Å². The summed E-state index contributed by atoms with van der Waals surface area (Å²) in [5.74, 6) is -0.449. The Balaban J connectivity index is 1.66. The van der Waals surface area contributed by atoms with Crippen LogP contribution in [0.4, 0.5) is 11.4 Å². The molecule has 7 heteroatoms. The topological polar surface area (TPSA) is 57.5 Å². The van der Waals surface area contributed by atoms with E-state index < -0.39 is 11.0 Å². The molecule has 0 radical (unpaired) electrons. The van der Waals surface area contributed by atoms with Gasteiger partial charge in [0.25, 0.3) is 0 Å². The van der Waals surface area contributed by atoms with E-state index in [2.05, 4.69) is 44.2 Å². The molecule has 2 heterocycles. The van der Waals surface area contributed by atoms with Crippen molar-refractivity contribution in [2.24, 2.45) is 10.2 Å². The van der Waals surface area contributed by atoms with Crippen LogP contribution in [0.25, 0.3) is 0 Å². The van der Waals surface area contributed by atoms with Crippen molar-refractivity contribution >= 4 is 39.9 Å². The number of esters is 1. The standard InChI is InChI=1S/C32H28N4O2S/c1-4-38-31(37)30-34-36(25-15-9-6-10-16-25)32(39-30)28-18-12-11-17-26(28)29(27-21-22(2)19-20-23(27)3)33-35(32)24-13-7-5-8-14-24/h5-21H,4H2,1-3H3/t32-/m1/s1. The van der Waals surface area contributed by atoms with Crippen molar-refractivity contribution in [2.75, 3.05) is 16.6 Å². The monoisotopic (exact) mass is 532 g/mol. The van der Waals surface area contributed by atoms with Crippen molar-refractivity contribution in [3.63, 3.8) is 0 Å². The number of para-hydroxylation sites is 2. The molecule has 0 saturated heterocycles. The van der Waals surface area contributed by atoms with Crippen LogP contribution >= 0.6 is 11.8 Å². The van der Waals surface area contributed by atoms with E-state index in [1.54, 1.807) is 6.92 Å². The van der Waals surface area contributed by atoms with Gasteiger partial charge in [-0.05, 0) is 68.4 Å². The van der Waals surface area contributed by atoms with Gasteiger partial charge in [0.1, 0.15) is 0 Å². The van der Waals surface area contributed by atoms with Crippen molar-refractivity contribution in [3.05, 3.63) is 131 Å². The zero-order chi connectivity index (χ0) is 27.0. The summed E-state index contributed by atoms with van der Waals surface area (Å²) >= 11 is 1.36. The average molecular weight is 533 g/mol. The molecule has 0 unspecified atom stereocenters. The first-order valence-corrected chi connectivity index (χ1v) is 13.8. The summed E-state index contributed by atoms with van der Waals surface area (Å²) in [5, 5.41) is 14.4. The Kier molecular flexibility index (Phi) is 6.45. The largest absolute Gasteiger partial charge is 0.461 e. The molecule has 4 aromatic carbocycles. The number of benzene rings is 4. The number of fused-ring (bicyclic) bond motifs is 2. The van der Waals surface area contributed by atoms with Gasteiger partial charge in [0, 0.05) is 16.7 Å². The summed E-state index contributed by atoms with van der Waals surface area (Å²) in [5.41, 5.74) is 7.94. The first-order valence-electron chi connectivity index (χ1n) is 12.9. The van der Waals surface area contributed by atoms with Gasteiger partial charge >= 0.3 is 5.97 Å². The molecule has 2 aliphatic rings. The number of aryl methyl sites for hydroxylation is 2. The lowest BCUT2D eigenvalue weighted by atomic mass is 9.90.